The van der Waals surface area contributed by atoms with Crippen LogP contribution in [0.3, 0.4) is 0 Å². The molecule has 5 rings (SSSR count). The Bertz CT molecular complexity index is 1380. The van der Waals surface area contributed by atoms with Crippen LogP contribution in [0.1, 0.15) is 37.7 Å². The number of carbonyl (C=O) groups is 1. The number of benzene rings is 3. The van der Waals surface area contributed by atoms with E-state index in [2.05, 4.69) is 22.5 Å². The van der Waals surface area contributed by atoms with Crippen LogP contribution in [0, 0.1) is 5.92 Å². The molecule has 180 valence electrons. The highest BCUT2D eigenvalue weighted by atomic mass is 35.5. The molecule has 0 bridgehead atoms. The largest absolute Gasteiger partial charge is 0.350 e. The first kappa shape index (κ1) is 23.4. The van der Waals surface area contributed by atoms with E-state index in [0.717, 1.165) is 34.7 Å². The zero-order valence-electron chi connectivity index (χ0n) is 19.6. The van der Waals surface area contributed by atoms with E-state index in [9.17, 15) is 9.59 Å². The average Bonchev–Trinajstić information content (AvgIpc) is 3.18. The number of nitrogens with one attached hydrogen (secondary N) is 1. The summed E-state index contributed by atoms with van der Waals surface area (Å²) in [4.78, 5) is 26.2. The van der Waals surface area contributed by atoms with Gasteiger partial charge in [-0.2, -0.15) is 0 Å². The van der Waals surface area contributed by atoms with Crippen LogP contribution in [0.15, 0.2) is 71.5 Å². The first-order valence-corrected chi connectivity index (χ1v) is 12.6. The maximum absolute atomic E-state index is 13.3. The maximum atomic E-state index is 13.3. The van der Waals surface area contributed by atoms with Gasteiger partial charge in [0.15, 0.2) is 5.82 Å². The quantitative estimate of drug-likeness (QED) is 0.378. The molecule has 1 saturated carbocycles. The van der Waals surface area contributed by atoms with Gasteiger partial charge in [-0.1, -0.05) is 73.3 Å². The summed E-state index contributed by atoms with van der Waals surface area (Å²) in [5.74, 6) is 0.787. The van der Waals surface area contributed by atoms with E-state index in [4.69, 9.17) is 11.6 Å². The molecular weight excluding hydrogens is 460 g/mol. The molecule has 0 unspecified atom stereocenters. The molecular formula is C28H29ClN4O2. The lowest BCUT2D eigenvalue weighted by molar-refractivity contribution is -0.122. The highest BCUT2D eigenvalue weighted by molar-refractivity contribution is 6.30. The summed E-state index contributed by atoms with van der Waals surface area (Å²) >= 11 is 6.07. The third-order valence-corrected chi connectivity index (χ3v) is 7.09. The number of hydrogen-bond donors (Lipinski definition) is 1. The van der Waals surface area contributed by atoms with Gasteiger partial charge in [0.2, 0.25) is 5.91 Å². The van der Waals surface area contributed by atoms with Crippen molar-refractivity contribution in [1.82, 2.24) is 19.7 Å². The van der Waals surface area contributed by atoms with Crippen LogP contribution in [0.2, 0.25) is 5.02 Å². The second-order valence-electron chi connectivity index (χ2n) is 9.30. The molecule has 1 aliphatic carbocycles. The standard InChI is InChI=1S/C28H29ClN4O2/c29-24-15-13-22(14-16-24)27-31-33(28(35)32(27)18-20-7-2-1-3-8-20)19-26(34)30-17-23-11-6-10-21-9-4-5-12-25(21)23/h4-6,9-16,20H,1-3,7-8,17-19H2,(H,30,34). The van der Waals surface area contributed by atoms with Crippen molar-refractivity contribution in [3.63, 3.8) is 0 Å². The Balaban J connectivity index is 1.36. The Labute approximate surface area is 209 Å². The smallest absolute Gasteiger partial charge is 0.346 e. The van der Waals surface area contributed by atoms with E-state index in [1.807, 2.05) is 42.5 Å². The summed E-state index contributed by atoms with van der Waals surface area (Å²) in [7, 11) is 0. The zero-order valence-corrected chi connectivity index (χ0v) is 20.4. The van der Waals surface area contributed by atoms with Crippen molar-refractivity contribution >= 4 is 28.3 Å². The first-order valence-electron chi connectivity index (χ1n) is 12.3. The zero-order chi connectivity index (χ0) is 24.2. The third kappa shape index (κ3) is 5.33. The summed E-state index contributed by atoms with van der Waals surface area (Å²) in [6.07, 6.45) is 5.87. The Morgan fingerprint density at radius 2 is 1.71 bits per heavy atom. The minimum atomic E-state index is -0.249. The first-order chi connectivity index (χ1) is 17.1. The van der Waals surface area contributed by atoms with Crippen LogP contribution in [0.25, 0.3) is 22.2 Å². The summed E-state index contributed by atoms with van der Waals surface area (Å²) in [5, 5.41) is 10.4. The normalized spacial score (nSPS) is 14.3. The number of rotatable bonds is 7. The summed E-state index contributed by atoms with van der Waals surface area (Å²) in [6.45, 7) is 0.887. The minimum absolute atomic E-state index is 0.123. The van der Waals surface area contributed by atoms with Crippen LogP contribution < -0.4 is 11.0 Å². The van der Waals surface area contributed by atoms with Gasteiger partial charge < -0.3 is 5.32 Å². The molecule has 0 radical (unpaired) electrons. The van der Waals surface area contributed by atoms with Crippen molar-refractivity contribution in [2.75, 3.05) is 0 Å². The Hall–Kier alpha value is -3.38. The Kier molecular flexibility index (Phi) is 7.00. The fourth-order valence-electron chi connectivity index (χ4n) is 4.98. The maximum Gasteiger partial charge on any atom is 0.346 e. The molecule has 3 aromatic carbocycles. The van der Waals surface area contributed by atoms with E-state index in [1.165, 1.54) is 23.9 Å². The van der Waals surface area contributed by atoms with Crippen molar-refractivity contribution < 1.29 is 4.79 Å². The molecule has 6 nitrogen and oxygen atoms in total. The van der Waals surface area contributed by atoms with Crippen molar-refractivity contribution in [1.29, 1.82) is 0 Å². The van der Waals surface area contributed by atoms with Crippen LogP contribution in [-0.2, 0) is 24.4 Å². The molecule has 0 atom stereocenters. The van der Waals surface area contributed by atoms with Crippen LogP contribution in [0.4, 0.5) is 0 Å². The van der Waals surface area contributed by atoms with Gasteiger partial charge in [-0.25, -0.2) is 9.48 Å². The van der Waals surface area contributed by atoms with Crippen LogP contribution in [0.5, 0.6) is 0 Å². The molecule has 0 aliphatic heterocycles. The van der Waals surface area contributed by atoms with Crippen molar-refractivity contribution in [2.24, 2.45) is 5.92 Å². The second kappa shape index (κ2) is 10.5. The molecule has 1 fully saturated rings. The van der Waals surface area contributed by atoms with Crippen LogP contribution >= 0.6 is 11.6 Å². The third-order valence-electron chi connectivity index (χ3n) is 6.84. The summed E-state index contributed by atoms with van der Waals surface area (Å²) in [5.41, 5.74) is 1.60. The summed E-state index contributed by atoms with van der Waals surface area (Å²) in [6, 6.07) is 21.5. The molecule has 4 aromatic rings. The Morgan fingerprint density at radius 1 is 0.971 bits per heavy atom. The lowest BCUT2D eigenvalue weighted by Crippen LogP contribution is -2.34. The van der Waals surface area contributed by atoms with Gasteiger partial charge in [0.25, 0.3) is 0 Å². The molecule has 1 aromatic heterocycles. The molecule has 1 N–H and O–H groups in total. The van der Waals surface area contributed by atoms with Gasteiger partial charge in [-0.15, -0.1) is 5.10 Å². The topological polar surface area (TPSA) is 68.9 Å². The fourth-order valence-corrected chi connectivity index (χ4v) is 5.11. The van der Waals surface area contributed by atoms with E-state index < -0.39 is 0 Å². The number of amides is 1. The lowest BCUT2D eigenvalue weighted by Gasteiger charge is -2.22. The number of halogens is 1. The fraction of sp³-hybridized carbons (Fsp3) is 0.321. The SMILES string of the molecule is O=C(Cn1nc(-c2ccc(Cl)cc2)n(CC2CCCCC2)c1=O)NCc1cccc2ccccc12. The predicted octanol–water partition coefficient (Wildman–Crippen LogP) is 5.42. The number of carbonyl (C=O) groups excluding carboxylic acids is 1. The van der Waals surface area contributed by atoms with E-state index in [0.29, 0.717) is 29.9 Å². The number of fused-ring (bicyclic) bond motifs is 1. The lowest BCUT2D eigenvalue weighted by atomic mass is 9.89. The van der Waals surface area contributed by atoms with E-state index in [-0.39, 0.29) is 18.1 Å². The summed E-state index contributed by atoms with van der Waals surface area (Å²) < 4.78 is 3.02. The molecule has 1 aliphatic rings. The van der Waals surface area contributed by atoms with E-state index in [1.54, 1.807) is 16.7 Å². The Morgan fingerprint density at radius 3 is 2.51 bits per heavy atom. The molecule has 0 saturated heterocycles. The van der Waals surface area contributed by atoms with Gasteiger partial charge >= 0.3 is 5.69 Å². The van der Waals surface area contributed by atoms with Crippen molar-refractivity contribution in [3.05, 3.63) is 87.8 Å². The van der Waals surface area contributed by atoms with Crippen molar-refractivity contribution in [3.8, 4) is 11.4 Å². The predicted molar refractivity (Wildman–Crippen MR) is 139 cm³/mol. The minimum Gasteiger partial charge on any atom is -0.350 e. The highest BCUT2D eigenvalue weighted by Crippen LogP contribution is 2.27. The van der Waals surface area contributed by atoms with E-state index >= 15 is 0 Å². The number of aromatic nitrogens is 3. The average molecular weight is 489 g/mol. The van der Waals surface area contributed by atoms with Gasteiger partial charge in [0.1, 0.15) is 6.54 Å². The van der Waals surface area contributed by atoms with Gasteiger partial charge in [-0.3, -0.25) is 9.36 Å². The number of hydrogen-bond acceptors (Lipinski definition) is 3. The second-order valence-corrected chi connectivity index (χ2v) is 9.74. The monoisotopic (exact) mass is 488 g/mol. The molecule has 0 spiro atoms. The van der Waals surface area contributed by atoms with Gasteiger partial charge in [0, 0.05) is 23.7 Å². The highest BCUT2D eigenvalue weighted by Gasteiger charge is 2.21. The molecule has 1 amide bonds. The molecule has 7 heteroatoms. The van der Waals surface area contributed by atoms with Crippen molar-refractivity contribution in [2.45, 2.75) is 51.7 Å². The molecule has 1 heterocycles. The van der Waals surface area contributed by atoms with Gasteiger partial charge in [-0.05, 0) is 59.4 Å². The van der Waals surface area contributed by atoms with Crippen LogP contribution in [-0.4, -0.2) is 20.3 Å². The number of nitrogens with zero attached hydrogens (tertiary/aromatic N) is 3. The molecule has 35 heavy (non-hydrogen) atoms. The van der Waals surface area contributed by atoms with Gasteiger partial charge in [0.05, 0.1) is 0 Å².